The van der Waals surface area contributed by atoms with Crippen molar-refractivity contribution in [2.75, 3.05) is 0 Å². The van der Waals surface area contributed by atoms with E-state index in [0.29, 0.717) is 12.0 Å². The monoisotopic (exact) mass is 188 g/mol. The second kappa shape index (κ2) is 3.91. The molecule has 0 radical (unpaired) electrons. The van der Waals surface area contributed by atoms with Gasteiger partial charge in [0.25, 0.3) is 0 Å². The molecule has 0 bridgehead atoms. The summed E-state index contributed by atoms with van der Waals surface area (Å²) in [6.45, 7) is 4.35. The Hall–Kier alpha value is -1.18. The van der Waals surface area contributed by atoms with Crippen molar-refractivity contribution in [2.45, 2.75) is 38.6 Å². The lowest BCUT2D eigenvalue weighted by atomic mass is 10.1. The highest BCUT2D eigenvalue weighted by molar-refractivity contribution is 5.77. The molecule has 2 heteroatoms. The Morgan fingerprint density at radius 1 is 1.43 bits per heavy atom. The van der Waals surface area contributed by atoms with Crippen molar-refractivity contribution in [3.63, 3.8) is 0 Å². The molecule has 0 amide bonds. The van der Waals surface area contributed by atoms with Gasteiger partial charge in [0.2, 0.25) is 0 Å². The summed E-state index contributed by atoms with van der Waals surface area (Å²) in [5.74, 6) is 0.553. The standard InChI is InChI=1S/C12H16N2/c1-9(2)10-3-4-12(13-7-10)8-14-11-5-6-11/h3-4,7-9,11H,5-6H2,1-2H3/b14-8+. The third-order valence-corrected chi connectivity index (χ3v) is 2.44. The molecule has 0 unspecified atom stereocenters. The normalized spacial score (nSPS) is 16.8. The van der Waals surface area contributed by atoms with Crippen molar-refractivity contribution in [1.82, 2.24) is 4.98 Å². The van der Waals surface area contributed by atoms with Crippen molar-refractivity contribution in [2.24, 2.45) is 4.99 Å². The van der Waals surface area contributed by atoms with Crippen LogP contribution in [0.2, 0.25) is 0 Å². The van der Waals surface area contributed by atoms with Crippen molar-refractivity contribution in [1.29, 1.82) is 0 Å². The van der Waals surface area contributed by atoms with Crippen LogP contribution in [0.25, 0.3) is 0 Å². The second-order valence-electron chi connectivity index (χ2n) is 4.18. The van der Waals surface area contributed by atoms with Crippen LogP contribution in [0, 0.1) is 0 Å². The lowest BCUT2D eigenvalue weighted by molar-refractivity contribution is 0.857. The Morgan fingerprint density at radius 2 is 2.21 bits per heavy atom. The van der Waals surface area contributed by atoms with Crippen LogP contribution in [0.3, 0.4) is 0 Å². The molecule has 2 rings (SSSR count). The Labute approximate surface area is 85.1 Å². The van der Waals surface area contributed by atoms with Gasteiger partial charge in [-0.2, -0.15) is 0 Å². The van der Waals surface area contributed by atoms with Gasteiger partial charge in [0, 0.05) is 12.4 Å². The molecule has 0 aliphatic heterocycles. The van der Waals surface area contributed by atoms with Crippen LogP contribution in [0.15, 0.2) is 23.3 Å². The maximum absolute atomic E-state index is 4.39. The van der Waals surface area contributed by atoms with Gasteiger partial charge in [-0.1, -0.05) is 19.9 Å². The summed E-state index contributed by atoms with van der Waals surface area (Å²) < 4.78 is 0. The molecule has 0 spiro atoms. The number of rotatable bonds is 3. The van der Waals surface area contributed by atoms with Crippen LogP contribution >= 0.6 is 0 Å². The van der Waals surface area contributed by atoms with E-state index in [1.165, 1.54) is 18.4 Å². The van der Waals surface area contributed by atoms with Gasteiger partial charge in [-0.15, -0.1) is 0 Å². The lowest BCUT2D eigenvalue weighted by Crippen LogP contribution is -1.92. The molecule has 0 aromatic carbocycles. The van der Waals surface area contributed by atoms with Gasteiger partial charge in [0.05, 0.1) is 11.7 Å². The average molecular weight is 188 g/mol. The van der Waals surface area contributed by atoms with Gasteiger partial charge in [-0.3, -0.25) is 9.98 Å². The van der Waals surface area contributed by atoms with E-state index in [2.05, 4.69) is 29.9 Å². The highest BCUT2D eigenvalue weighted by Crippen LogP contribution is 2.23. The van der Waals surface area contributed by atoms with E-state index in [9.17, 15) is 0 Å². The molecule has 0 saturated heterocycles. The predicted octanol–water partition coefficient (Wildman–Crippen LogP) is 2.79. The number of pyridine rings is 1. The molecule has 1 aromatic rings. The molecule has 2 nitrogen and oxygen atoms in total. The van der Waals surface area contributed by atoms with Gasteiger partial charge in [-0.25, -0.2) is 0 Å². The Bertz CT molecular complexity index is 321. The largest absolute Gasteiger partial charge is 0.288 e. The summed E-state index contributed by atoms with van der Waals surface area (Å²) in [7, 11) is 0. The molecule has 74 valence electrons. The fraction of sp³-hybridized carbons (Fsp3) is 0.500. The minimum Gasteiger partial charge on any atom is -0.288 e. The maximum Gasteiger partial charge on any atom is 0.0808 e. The quantitative estimate of drug-likeness (QED) is 0.669. The number of aliphatic imine (C=N–C) groups is 1. The van der Waals surface area contributed by atoms with Crippen molar-refractivity contribution in [3.05, 3.63) is 29.6 Å². The summed E-state index contributed by atoms with van der Waals surface area (Å²) in [5, 5.41) is 0. The van der Waals surface area contributed by atoms with E-state index in [-0.39, 0.29) is 0 Å². The van der Waals surface area contributed by atoms with Crippen molar-refractivity contribution < 1.29 is 0 Å². The van der Waals surface area contributed by atoms with Gasteiger partial charge >= 0.3 is 0 Å². The highest BCUT2D eigenvalue weighted by Gasteiger charge is 2.18. The third-order valence-electron chi connectivity index (χ3n) is 2.44. The molecule has 1 aromatic heterocycles. The zero-order valence-corrected chi connectivity index (χ0v) is 8.77. The van der Waals surface area contributed by atoms with Crippen molar-refractivity contribution in [3.8, 4) is 0 Å². The molecule has 1 aliphatic rings. The van der Waals surface area contributed by atoms with Crippen LogP contribution in [0.4, 0.5) is 0 Å². The van der Waals surface area contributed by atoms with Gasteiger partial charge in [0.15, 0.2) is 0 Å². The summed E-state index contributed by atoms with van der Waals surface area (Å²) in [6.07, 6.45) is 6.34. The predicted molar refractivity (Wildman–Crippen MR) is 58.9 cm³/mol. The fourth-order valence-corrected chi connectivity index (χ4v) is 1.24. The SMILES string of the molecule is CC(C)c1ccc(/C=N/C2CC2)nc1. The first-order valence-electron chi connectivity index (χ1n) is 5.25. The second-order valence-corrected chi connectivity index (χ2v) is 4.18. The summed E-state index contributed by atoms with van der Waals surface area (Å²) in [4.78, 5) is 8.74. The number of nitrogens with zero attached hydrogens (tertiary/aromatic N) is 2. The fourth-order valence-electron chi connectivity index (χ4n) is 1.24. The number of hydrogen-bond acceptors (Lipinski definition) is 2. The average Bonchev–Trinajstić information content (AvgIpc) is 2.99. The van der Waals surface area contributed by atoms with E-state index in [1.54, 1.807) is 0 Å². The topological polar surface area (TPSA) is 25.2 Å². The van der Waals surface area contributed by atoms with Crippen LogP contribution in [-0.4, -0.2) is 17.2 Å². The Balaban J connectivity index is 2.05. The first-order chi connectivity index (χ1) is 6.75. The Kier molecular flexibility index (Phi) is 2.62. The summed E-state index contributed by atoms with van der Waals surface area (Å²) >= 11 is 0. The minimum absolute atomic E-state index is 0.553. The molecule has 1 aliphatic carbocycles. The third kappa shape index (κ3) is 2.41. The molecular formula is C12H16N2. The molecular weight excluding hydrogens is 172 g/mol. The summed E-state index contributed by atoms with van der Waals surface area (Å²) in [6, 6.07) is 4.76. The van der Waals surface area contributed by atoms with E-state index < -0.39 is 0 Å². The number of aromatic nitrogens is 1. The van der Waals surface area contributed by atoms with E-state index in [4.69, 9.17) is 0 Å². The molecule has 0 N–H and O–H groups in total. The van der Waals surface area contributed by atoms with Gasteiger partial charge in [0.1, 0.15) is 0 Å². The first kappa shape index (κ1) is 9.38. The van der Waals surface area contributed by atoms with Crippen LogP contribution < -0.4 is 0 Å². The number of hydrogen-bond donors (Lipinski definition) is 0. The zero-order chi connectivity index (χ0) is 9.97. The van der Waals surface area contributed by atoms with Crippen LogP contribution in [-0.2, 0) is 0 Å². The maximum atomic E-state index is 4.39. The smallest absolute Gasteiger partial charge is 0.0808 e. The van der Waals surface area contributed by atoms with Gasteiger partial charge in [-0.05, 0) is 30.4 Å². The first-order valence-corrected chi connectivity index (χ1v) is 5.25. The molecule has 0 atom stereocenters. The molecule has 1 saturated carbocycles. The molecule has 1 heterocycles. The van der Waals surface area contributed by atoms with Gasteiger partial charge < -0.3 is 0 Å². The molecule has 14 heavy (non-hydrogen) atoms. The van der Waals surface area contributed by atoms with Crippen molar-refractivity contribution >= 4 is 6.21 Å². The lowest BCUT2D eigenvalue weighted by Gasteiger charge is -2.03. The van der Waals surface area contributed by atoms with Crippen LogP contribution in [0.5, 0.6) is 0 Å². The summed E-state index contributed by atoms with van der Waals surface area (Å²) in [5.41, 5.74) is 2.26. The van der Waals surface area contributed by atoms with E-state index >= 15 is 0 Å². The molecule has 1 fully saturated rings. The van der Waals surface area contributed by atoms with E-state index in [0.717, 1.165) is 5.69 Å². The highest BCUT2D eigenvalue weighted by atomic mass is 14.8. The van der Waals surface area contributed by atoms with E-state index in [1.807, 2.05) is 18.5 Å². The van der Waals surface area contributed by atoms with Crippen LogP contribution in [0.1, 0.15) is 43.9 Å². The minimum atomic E-state index is 0.553. The Morgan fingerprint density at radius 3 is 2.71 bits per heavy atom. The zero-order valence-electron chi connectivity index (χ0n) is 8.77.